The topological polar surface area (TPSA) is 70.6 Å². The molecular weight excluding hydrogens is 489 g/mol. The minimum Gasteiger partial charge on any atom is -0.308 e. The molecule has 1 heterocycles. The summed E-state index contributed by atoms with van der Waals surface area (Å²) in [6, 6.07) is 9.79. The second kappa shape index (κ2) is 10.5. The number of rotatable bonds is 9. The number of fused-ring (bicyclic) bond motifs is 1. The first-order valence-corrected chi connectivity index (χ1v) is 13.3. The predicted octanol–water partition coefficient (Wildman–Crippen LogP) is 5.06. The number of carbonyl (C=O) groups excluding carboxylic acids is 1. The minimum atomic E-state index is -3.48. The molecule has 0 saturated carbocycles. The van der Waals surface area contributed by atoms with E-state index in [0.29, 0.717) is 28.3 Å². The number of amides is 1. The van der Waals surface area contributed by atoms with Gasteiger partial charge in [0.25, 0.3) is 0 Å². The Balaban J connectivity index is 1.75. The molecule has 10 heteroatoms. The van der Waals surface area contributed by atoms with Gasteiger partial charge in [0.15, 0.2) is 15.0 Å². The Morgan fingerprint density at radius 2 is 1.75 bits per heavy atom. The van der Waals surface area contributed by atoms with E-state index in [0.717, 1.165) is 15.8 Å². The molecule has 2 aromatic carbocycles. The molecule has 0 bridgehead atoms. The summed E-state index contributed by atoms with van der Waals surface area (Å²) < 4.78 is 26.1. The molecular formula is C22H25Cl2N3O3S2. The van der Waals surface area contributed by atoms with Gasteiger partial charge in [-0.2, -0.15) is 0 Å². The standard InChI is InChI=1S/C22H25Cl2N3O3S2/c1-15-18(24)10-11-19-21(15)25-22(31-19)27(13-12-26(2)3)20(28)5-4-14-32(29,30)17-8-6-16(23)7-9-17/h6-11H,4-5,12-14H2,1-3H3. The summed E-state index contributed by atoms with van der Waals surface area (Å²) in [5.74, 6) is -0.267. The fourth-order valence-electron chi connectivity index (χ4n) is 3.14. The van der Waals surface area contributed by atoms with E-state index < -0.39 is 9.84 Å². The van der Waals surface area contributed by atoms with Gasteiger partial charge < -0.3 is 4.90 Å². The van der Waals surface area contributed by atoms with E-state index in [1.807, 2.05) is 38.1 Å². The van der Waals surface area contributed by atoms with Crippen LogP contribution >= 0.6 is 34.5 Å². The van der Waals surface area contributed by atoms with Crippen LogP contribution in [0.1, 0.15) is 18.4 Å². The Morgan fingerprint density at radius 1 is 1.06 bits per heavy atom. The zero-order valence-electron chi connectivity index (χ0n) is 18.1. The van der Waals surface area contributed by atoms with Crippen molar-refractivity contribution in [3.63, 3.8) is 0 Å². The molecule has 172 valence electrons. The number of hydrogen-bond acceptors (Lipinski definition) is 6. The van der Waals surface area contributed by atoms with Crippen molar-refractivity contribution in [2.24, 2.45) is 0 Å². The normalized spacial score (nSPS) is 11.9. The van der Waals surface area contributed by atoms with Crippen molar-refractivity contribution in [1.82, 2.24) is 9.88 Å². The smallest absolute Gasteiger partial charge is 0.228 e. The number of hydrogen-bond donors (Lipinski definition) is 0. The second-order valence-electron chi connectivity index (χ2n) is 7.74. The number of thiazole rings is 1. The van der Waals surface area contributed by atoms with Gasteiger partial charge in [0, 0.05) is 29.6 Å². The van der Waals surface area contributed by atoms with Gasteiger partial charge in [-0.25, -0.2) is 13.4 Å². The Kier molecular flexibility index (Phi) is 8.16. The van der Waals surface area contributed by atoms with Crippen LogP contribution in [-0.2, 0) is 14.6 Å². The maximum atomic E-state index is 13.1. The highest BCUT2D eigenvalue weighted by molar-refractivity contribution is 7.91. The third-order valence-electron chi connectivity index (χ3n) is 5.02. The van der Waals surface area contributed by atoms with Crippen molar-refractivity contribution >= 4 is 65.6 Å². The molecule has 0 saturated heterocycles. The molecule has 0 unspecified atom stereocenters. The number of aromatic nitrogens is 1. The molecule has 3 aromatic rings. The number of sulfone groups is 1. The highest BCUT2D eigenvalue weighted by Gasteiger charge is 2.22. The van der Waals surface area contributed by atoms with E-state index in [4.69, 9.17) is 23.2 Å². The zero-order valence-corrected chi connectivity index (χ0v) is 21.3. The van der Waals surface area contributed by atoms with Gasteiger partial charge >= 0.3 is 0 Å². The maximum absolute atomic E-state index is 13.1. The second-order valence-corrected chi connectivity index (χ2v) is 11.7. The van der Waals surface area contributed by atoms with Crippen LogP contribution in [-0.4, -0.2) is 57.1 Å². The summed E-state index contributed by atoms with van der Waals surface area (Å²) in [5, 5.41) is 1.70. The SMILES string of the molecule is Cc1c(Cl)ccc2sc(N(CCN(C)C)C(=O)CCCS(=O)(=O)c3ccc(Cl)cc3)nc12. The average molecular weight is 515 g/mol. The van der Waals surface area contributed by atoms with Gasteiger partial charge in [0.2, 0.25) is 5.91 Å². The molecule has 0 aliphatic rings. The minimum absolute atomic E-state index is 0.107. The third kappa shape index (κ3) is 5.99. The van der Waals surface area contributed by atoms with E-state index >= 15 is 0 Å². The molecule has 6 nitrogen and oxygen atoms in total. The van der Waals surface area contributed by atoms with Gasteiger partial charge in [-0.15, -0.1) is 0 Å². The van der Waals surface area contributed by atoms with Gasteiger partial charge in [-0.3, -0.25) is 9.69 Å². The summed E-state index contributed by atoms with van der Waals surface area (Å²) in [6.45, 7) is 3.02. The molecule has 0 spiro atoms. The fourth-order valence-corrected chi connectivity index (χ4v) is 5.80. The number of nitrogens with zero attached hydrogens (tertiary/aromatic N) is 3. The number of anilines is 1. The van der Waals surface area contributed by atoms with Gasteiger partial charge in [0.1, 0.15) is 0 Å². The summed E-state index contributed by atoms with van der Waals surface area (Å²) in [7, 11) is 0.383. The molecule has 0 atom stereocenters. The lowest BCUT2D eigenvalue weighted by Crippen LogP contribution is -2.36. The van der Waals surface area contributed by atoms with Crippen LogP contribution in [0.2, 0.25) is 10.0 Å². The van der Waals surface area contributed by atoms with Crippen molar-refractivity contribution in [1.29, 1.82) is 0 Å². The average Bonchev–Trinajstić information content (AvgIpc) is 3.15. The maximum Gasteiger partial charge on any atom is 0.228 e. The molecule has 1 aromatic heterocycles. The van der Waals surface area contributed by atoms with Crippen molar-refractivity contribution in [2.45, 2.75) is 24.7 Å². The lowest BCUT2D eigenvalue weighted by molar-refractivity contribution is -0.118. The van der Waals surface area contributed by atoms with Crippen molar-refractivity contribution < 1.29 is 13.2 Å². The Bertz CT molecular complexity index is 1210. The summed E-state index contributed by atoms with van der Waals surface area (Å²) >= 11 is 13.5. The molecule has 0 fully saturated rings. The van der Waals surface area contributed by atoms with Crippen LogP contribution in [0.15, 0.2) is 41.3 Å². The van der Waals surface area contributed by atoms with Gasteiger partial charge in [0.05, 0.1) is 20.9 Å². The number of halogens is 2. The first-order valence-electron chi connectivity index (χ1n) is 10.1. The first-order chi connectivity index (χ1) is 15.1. The molecule has 0 aliphatic carbocycles. The van der Waals surface area contributed by atoms with Crippen LogP contribution in [0.5, 0.6) is 0 Å². The third-order valence-corrected chi connectivity index (χ3v) is 8.54. The van der Waals surface area contributed by atoms with Crippen LogP contribution < -0.4 is 4.90 Å². The highest BCUT2D eigenvalue weighted by Crippen LogP contribution is 2.34. The highest BCUT2D eigenvalue weighted by atomic mass is 35.5. The van der Waals surface area contributed by atoms with Crippen LogP contribution in [0.3, 0.4) is 0 Å². The van der Waals surface area contributed by atoms with E-state index in [9.17, 15) is 13.2 Å². The van der Waals surface area contributed by atoms with Gasteiger partial charge in [-0.1, -0.05) is 34.5 Å². The quantitative estimate of drug-likeness (QED) is 0.399. The van der Waals surface area contributed by atoms with Crippen molar-refractivity contribution in [3.05, 3.63) is 52.0 Å². The van der Waals surface area contributed by atoms with E-state index in [1.54, 1.807) is 17.0 Å². The van der Waals surface area contributed by atoms with Crippen LogP contribution in [0.4, 0.5) is 5.13 Å². The lowest BCUT2D eigenvalue weighted by atomic mass is 10.2. The van der Waals surface area contributed by atoms with E-state index in [-0.39, 0.29) is 29.4 Å². The molecule has 3 rings (SSSR count). The Hall–Kier alpha value is -1.71. The number of carbonyl (C=O) groups is 1. The molecule has 0 radical (unpaired) electrons. The summed E-state index contributed by atoms with van der Waals surface area (Å²) in [4.78, 5) is 21.6. The Labute approximate surface area is 202 Å². The van der Waals surface area contributed by atoms with Crippen LogP contribution in [0.25, 0.3) is 10.2 Å². The molecule has 32 heavy (non-hydrogen) atoms. The largest absolute Gasteiger partial charge is 0.308 e. The van der Waals surface area contributed by atoms with Gasteiger partial charge in [-0.05, 0) is 69.4 Å². The monoisotopic (exact) mass is 513 g/mol. The zero-order chi connectivity index (χ0) is 23.5. The van der Waals surface area contributed by atoms with Crippen molar-refractivity contribution in [2.75, 3.05) is 37.8 Å². The fraction of sp³-hybridized carbons (Fsp3) is 0.364. The predicted molar refractivity (Wildman–Crippen MR) is 133 cm³/mol. The number of aryl methyl sites for hydroxylation is 1. The molecule has 0 N–H and O–H groups in total. The van der Waals surface area contributed by atoms with Crippen LogP contribution in [0, 0.1) is 6.92 Å². The van der Waals surface area contributed by atoms with E-state index in [1.165, 1.54) is 23.5 Å². The summed E-state index contributed by atoms with van der Waals surface area (Å²) in [5.41, 5.74) is 1.66. The lowest BCUT2D eigenvalue weighted by Gasteiger charge is -2.22. The number of benzene rings is 2. The Morgan fingerprint density at radius 3 is 2.41 bits per heavy atom. The molecule has 0 aliphatic heterocycles. The first kappa shape index (κ1) is 24.9. The summed E-state index contributed by atoms with van der Waals surface area (Å²) in [6.07, 6.45) is 0.327. The van der Waals surface area contributed by atoms with Crippen molar-refractivity contribution in [3.8, 4) is 0 Å². The van der Waals surface area contributed by atoms with E-state index in [2.05, 4.69) is 4.98 Å². The number of likely N-dealkylation sites (N-methyl/N-ethyl adjacent to an activating group) is 1. The molecule has 1 amide bonds.